The number of urea groups is 1. The predicted octanol–water partition coefficient (Wildman–Crippen LogP) is 3.39. The first kappa shape index (κ1) is 18.5. The van der Waals surface area contributed by atoms with E-state index in [2.05, 4.69) is 5.32 Å². The van der Waals surface area contributed by atoms with E-state index in [1.54, 1.807) is 0 Å². The highest BCUT2D eigenvalue weighted by Crippen LogP contribution is 2.35. The van der Waals surface area contributed by atoms with Gasteiger partial charge in [-0.05, 0) is 43.9 Å². The van der Waals surface area contributed by atoms with E-state index in [0.717, 1.165) is 57.3 Å². The number of rotatable bonds is 4. The van der Waals surface area contributed by atoms with Gasteiger partial charge >= 0.3 is 6.03 Å². The molecule has 3 amide bonds. The van der Waals surface area contributed by atoms with Gasteiger partial charge in [0.1, 0.15) is 0 Å². The topological polar surface area (TPSA) is 52.7 Å². The third-order valence-corrected chi connectivity index (χ3v) is 6.38. The molecule has 1 saturated carbocycles. The zero-order valence-electron chi connectivity index (χ0n) is 15.7. The third kappa shape index (κ3) is 5.35. The van der Waals surface area contributed by atoms with E-state index in [4.69, 9.17) is 0 Å². The van der Waals surface area contributed by atoms with Crippen molar-refractivity contribution in [1.82, 2.24) is 15.1 Å². The Labute approximate surface area is 152 Å². The largest absolute Gasteiger partial charge is 0.343 e. The van der Waals surface area contributed by atoms with Crippen molar-refractivity contribution in [2.45, 2.75) is 70.6 Å². The van der Waals surface area contributed by atoms with Gasteiger partial charge < -0.3 is 15.1 Å². The fraction of sp³-hybridized carbons (Fsp3) is 0.900. The highest BCUT2D eigenvalue weighted by Gasteiger charge is 2.32. The zero-order valence-corrected chi connectivity index (χ0v) is 15.7. The monoisotopic (exact) mass is 349 g/mol. The molecular weight excluding hydrogens is 314 g/mol. The summed E-state index contributed by atoms with van der Waals surface area (Å²) in [6.07, 6.45) is 12.6. The lowest BCUT2D eigenvalue weighted by molar-refractivity contribution is -0.131. The normalized spacial score (nSPS) is 27.4. The first-order valence-electron chi connectivity index (χ1n) is 10.5. The van der Waals surface area contributed by atoms with Crippen LogP contribution in [0.5, 0.6) is 0 Å². The van der Waals surface area contributed by atoms with Gasteiger partial charge in [0.25, 0.3) is 0 Å². The molecule has 2 saturated heterocycles. The zero-order chi connectivity index (χ0) is 17.5. The number of amides is 3. The fourth-order valence-electron chi connectivity index (χ4n) is 4.81. The average molecular weight is 350 g/mol. The molecule has 0 bridgehead atoms. The van der Waals surface area contributed by atoms with Crippen molar-refractivity contribution >= 4 is 11.9 Å². The molecule has 0 aromatic heterocycles. The summed E-state index contributed by atoms with van der Waals surface area (Å²) < 4.78 is 0. The number of piperidine rings is 1. The summed E-state index contributed by atoms with van der Waals surface area (Å²) in [5, 5.41) is 3.03. The van der Waals surface area contributed by atoms with Crippen LogP contribution in [0.4, 0.5) is 4.79 Å². The number of fused-ring (bicyclic) bond motifs is 1. The van der Waals surface area contributed by atoms with Gasteiger partial charge in [-0.2, -0.15) is 0 Å². The van der Waals surface area contributed by atoms with Gasteiger partial charge in [0.2, 0.25) is 5.91 Å². The molecule has 142 valence electrons. The summed E-state index contributed by atoms with van der Waals surface area (Å²) in [5.74, 6) is 1.83. The second kappa shape index (κ2) is 9.44. The molecule has 2 heterocycles. The van der Waals surface area contributed by atoms with Gasteiger partial charge in [-0.15, -0.1) is 0 Å². The van der Waals surface area contributed by atoms with E-state index >= 15 is 0 Å². The number of likely N-dealkylation sites (tertiary alicyclic amines) is 2. The van der Waals surface area contributed by atoms with Gasteiger partial charge in [0.05, 0.1) is 0 Å². The Morgan fingerprint density at radius 2 is 1.52 bits per heavy atom. The lowest BCUT2D eigenvalue weighted by atomic mass is 9.75. The van der Waals surface area contributed by atoms with Crippen molar-refractivity contribution in [3.05, 3.63) is 0 Å². The Kier molecular flexibility index (Phi) is 7.00. The molecule has 2 aliphatic heterocycles. The van der Waals surface area contributed by atoms with Crippen LogP contribution in [-0.2, 0) is 4.79 Å². The SMILES string of the molecule is O=C(CCCNC(=O)N1CCC2CCCCC2C1)N1CCCCCC1. The van der Waals surface area contributed by atoms with E-state index in [-0.39, 0.29) is 11.9 Å². The van der Waals surface area contributed by atoms with E-state index < -0.39 is 0 Å². The minimum Gasteiger partial charge on any atom is -0.343 e. The summed E-state index contributed by atoms with van der Waals surface area (Å²) in [6, 6.07) is 0.0752. The standard InChI is InChI=1S/C20H35N3O2/c24-19(22-13-5-1-2-6-14-22)10-7-12-21-20(25)23-15-11-17-8-3-4-9-18(17)16-23/h17-18H,1-16H2,(H,21,25). The van der Waals surface area contributed by atoms with Crippen LogP contribution in [0.2, 0.25) is 0 Å². The van der Waals surface area contributed by atoms with Crippen LogP contribution in [0.3, 0.4) is 0 Å². The molecule has 3 fully saturated rings. The van der Waals surface area contributed by atoms with Gasteiger partial charge in [-0.25, -0.2) is 4.79 Å². The Bertz CT molecular complexity index is 446. The summed E-state index contributed by atoms with van der Waals surface area (Å²) in [4.78, 5) is 28.7. The van der Waals surface area contributed by atoms with Gasteiger partial charge in [-0.1, -0.05) is 32.1 Å². The van der Waals surface area contributed by atoms with Crippen LogP contribution in [-0.4, -0.2) is 54.5 Å². The molecule has 2 atom stereocenters. The van der Waals surface area contributed by atoms with Gasteiger partial charge in [0, 0.05) is 39.1 Å². The Morgan fingerprint density at radius 1 is 0.800 bits per heavy atom. The van der Waals surface area contributed by atoms with Crippen molar-refractivity contribution in [3.63, 3.8) is 0 Å². The molecule has 1 aliphatic carbocycles. The van der Waals surface area contributed by atoms with Gasteiger partial charge in [0.15, 0.2) is 0 Å². The number of hydrogen-bond acceptors (Lipinski definition) is 2. The summed E-state index contributed by atoms with van der Waals surface area (Å²) in [7, 11) is 0. The van der Waals surface area contributed by atoms with Crippen molar-refractivity contribution in [1.29, 1.82) is 0 Å². The number of carbonyl (C=O) groups is 2. The van der Waals surface area contributed by atoms with E-state index in [1.165, 1.54) is 44.9 Å². The molecular formula is C20H35N3O2. The molecule has 25 heavy (non-hydrogen) atoms. The molecule has 2 unspecified atom stereocenters. The Balaban J connectivity index is 1.31. The molecule has 3 aliphatic rings. The van der Waals surface area contributed by atoms with Crippen LogP contribution in [0, 0.1) is 11.8 Å². The van der Waals surface area contributed by atoms with E-state index in [0.29, 0.717) is 13.0 Å². The van der Waals surface area contributed by atoms with Crippen molar-refractivity contribution in [3.8, 4) is 0 Å². The van der Waals surface area contributed by atoms with E-state index in [9.17, 15) is 9.59 Å². The average Bonchev–Trinajstić information content (AvgIpc) is 2.94. The third-order valence-electron chi connectivity index (χ3n) is 6.38. The maximum atomic E-state index is 12.4. The molecule has 0 spiro atoms. The Hall–Kier alpha value is -1.26. The minimum absolute atomic E-state index is 0.0752. The highest BCUT2D eigenvalue weighted by molar-refractivity contribution is 5.76. The summed E-state index contributed by atoms with van der Waals surface area (Å²) in [5.41, 5.74) is 0. The van der Waals surface area contributed by atoms with Crippen molar-refractivity contribution in [2.75, 3.05) is 32.7 Å². The number of hydrogen-bond donors (Lipinski definition) is 1. The lowest BCUT2D eigenvalue weighted by Crippen LogP contribution is -2.49. The maximum Gasteiger partial charge on any atom is 0.317 e. The van der Waals surface area contributed by atoms with E-state index in [1.807, 2.05) is 9.80 Å². The van der Waals surface area contributed by atoms with Crippen LogP contribution >= 0.6 is 0 Å². The molecule has 5 heteroatoms. The summed E-state index contributed by atoms with van der Waals surface area (Å²) >= 11 is 0. The van der Waals surface area contributed by atoms with Gasteiger partial charge in [-0.3, -0.25) is 4.79 Å². The van der Waals surface area contributed by atoms with Crippen LogP contribution in [0.1, 0.15) is 70.6 Å². The molecule has 1 N–H and O–H groups in total. The van der Waals surface area contributed by atoms with Crippen LogP contribution in [0.15, 0.2) is 0 Å². The second-order valence-corrected chi connectivity index (χ2v) is 8.17. The first-order chi connectivity index (χ1) is 12.2. The first-order valence-corrected chi connectivity index (χ1v) is 10.5. The quantitative estimate of drug-likeness (QED) is 0.791. The second-order valence-electron chi connectivity index (χ2n) is 8.17. The number of carbonyl (C=O) groups excluding carboxylic acids is 2. The molecule has 0 aromatic rings. The number of nitrogens with one attached hydrogen (secondary N) is 1. The smallest absolute Gasteiger partial charge is 0.317 e. The molecule has 0 radical (unpaired) electrons. The fourth-order valence-corrected chi connectivity index (χ4v) is 4.81. The van der Waals surface area contributed by atoms with Crippen LogP contribution in [0.25, 0.3) is 0 Å². The lowest BCUT2D eigenvalue weighted by Gasteiger charge is -2.41. The number of nitrogens with zero attached hydrogens (tertiary/aromatic N) is 2. The summed E-state index contributed by atoms with van der Waals surface area (Å²) in [6.45, 7) is 4.29. The van der Waals surface area contributed by atoms with Crippen molar-refractivity contribution < 1.29 is 9.59 Å². The van der Waals surface area contributed by atoms with Crippen LogP contribution < -0.4 is 5.32 Å². The highest BCUT2D eigenvalue weighted by atomic mass is 16.2. The molecule has 3 rings (SSSR count). The molecule has 0 aromatic carbocycles. The maximum absolute atomic E-state index is 12.4. The minimum atomic E-state index is 0.0752. The van der Waals surface area contributed by atoms with Crippen molar-refractivity contribution in [2.24, 2.45) is 11.8 Å². The Morgan fingerprint density at radius 3 is 2.28 bits per heavy atom. The molecule has 5 nitrogen and oxygen atoms in total. The predicted molar refractivity (Wildman–Crippen MR) is 99.3 cm³/mol.